The predicted octanol–water partition coefficient (Wildman–Crippen LogP) is 3.57. The third kappa shape index (κ3) is 4.44. The fourth-order valence-electron chi connectivity index (χ4n) is 1.68. The van der Waals surface area contributed by atoms with Crippen molar-refractivity contribution in [2.24, 2.45) is 0 Å². The molecule has 0 bridgehead atoms. The molecule has 0 fully saturated rings. The van der Waals surface area contributed by atoms with Gasteiger partial charge in [0.1, 0.15) is 30.5 Å². The molecule has 0 spiro atoms. The Morgan fingerprint density at radius 1 is 1.23 bits per heavy atom. The van der Waals surface area contributed by atoms with Crippen LogP contribution < -0.4 is 14.8 Å². The standard InChI is InChI=1S/C16H17FN2O3/c1-2-15(20)19-14-4-3-10-18-16(14)22-13-7-5-12(6-8-13)21-11-9-17/h3-8,10H,2,9,11H2,1H3,(H,19,20). The van der Waals surface area contributed by atoms with Crippen molar-refractivity contribution in [3.63, 3.8) is 0 Å². The van der Waals surface area contributed by atoms with Crippen LogP contribution in [-0.4, -0.2) is 24.2 Å². The lowest BCUT2D eigenvalue weighted by molar-refractivity contribution is -0.115. The van der Waals surface area contributed by atoms with Crippen LogP contribution in [0.15, 0.2) is 42.6 Å². The van der Waals surface area contributed by atoms with E-state index in [0.717, 1.165) is 0 Å². The van der Waals surface area contributed by atoms with Gasteiger partial charge >= 0.3 is 0 Å². The van der Waals surface area contributed by atoms with Crippen molar-refractivity contribution >= 4 is 11.6 Å². The first-order valence-electron chi connectivity index (χ1n) is 6.94. The van der Waals surface area contributed by atoms with E-state index in [1.807, 2.05) is 0 Å². The van der Waals surface area contributed by atoms with Gasteiger partial charge in [-0.1, -0.05) is 6.92 Å². The van der Waals surface area contributed by atoms with E-state index in [2.05, 4.69) is 10.3 Å². The zero-order valence-corrected chi connectivity index (χ0v) is 12.2. The van der Waals surface area contributed by atoms with E-state index in [1.165, 1.54) is 0 Å². The Kier molecular flexibility index (Phi) is 5.71. The molecule has 0 aliphatic carbocycles. The highest BCUT2D eigenvalue weighted by Crippen LogP contribution is 2.28. The van der Waals surface area contributed by atoms with Gasteiger partial charge in [-0.25, -0.2) is 9.37 Å². The van der Waals surface area contributed by atoms with Crippen LogP contribution in [0.2, 0.25) is 0 Å². The summed E-state index contributed by atoms with van der Waals surface area (Å²) in [5, 5.41) is 2.73. The van der Waals surface area contributed by atoms with E-state index in [4.69, 9.17) is 9.47 Å². The number of benzene rings is 1. The number of halogens is 1. The summed E-state index contributed by atoms with van der Waals surface area (Å²) in [6.45, 7) is 1.25. The summed E-state index contributed by atoms with van der Waals surface area (Å²) in [6.07, 6.45) is 1.95. The van der Waals surface area contributed by atoms with Crippen LogP contribution in [-0.2, 0) is 4.79 Å². The molecule has 1 aromatic carbocycles. The number of nitrogens with zero attached hydrogens (tertiary/aromatic N) is 1. The van der Waals surface area contributed by atoms with Gasteiger partial charge in [0.25, 0.3) is 0 Å². The summed E-state index contributed by atoms with van der Waals surface area (Å²) in [7, 11) is 0. The van der Waals surface area contributed by atoms with E-state index in [1.54, 1.807) is 49.5 Å². The lowest BCUT2D eigenvalue weighted by Gasteiger charge is -2.11. The Bertz CT molecular complexity index is 617. The largest absolute Gasteiger partial charge is 0.491 e. The fraction of sp³-hybridized carbons (Fsp3) is 0.250. The average molecular weight is 304 g/mol. The van der Waals surface area contributed by atoms with E-state index < -0.39 is 6.67 Å². The maximum Gasteiger partial charge on any atom is 0.243 e. The second-order valence-electron chi connectivity index (χ2n) is 4.37. The van der Waals surface area contributed by atoms with Crippen molar-refractivity contribution in [3.8, 4) is 17.4 Å². The Balaban J connectivity index is 2.08. The van der Waals surface area contributed by atoms with Gasteiger partial charge in [-0.2, -0.15) is 0 Å². The van der Waals surface area contributed by atoms with Crippen molar-refractivity contribution in [3.05, 3.63) is 42.6 Å². The summed E-state index contributed by atoms with van der Waals surface area (Å²) >= 11 is 0. The number of carbonyl (C=O) groups excluding carboxylic acids is 1. The molecule has 0 atom stereocenters. The number of pyridine rings is 1. The van der Waals surface area contributed by atoms with E-state index >= 15 is 0 Å². The van der Waals surface area contributed by atoms with Crippen molar-refractivity contribution in [1.29, 1.82) is 0 Å². The van der Waals surface area contributed by atoms with E-state index in [-0.39, 0.29) is 12.5 Å². The predicted molar refractivity (Wildman–Crippen MR) is 81.1 cm³/mol. The number of ether oxygens (including phenoxy) is 2. The normalized spacial score (nSPS) is 10.1. The molecular formula is C16H17FN2O3. The summed E-state index contributed by atoms with van der Waals surface area (Å²) < 4.78 is 22.8. The van der Waals surface area contributed by atoms with Gasteiger partial charge in [0.15, 0.2) is 0 Å². The van der Waals surface area contributed by atoms with Gasteiger partial charge in [0.2, 0.25) is 11.8 Å². The third-order valence-corrected chi connectivity index (χ3v) is 2.75. The number of hydrogen-bond donors (Lipinski definition) is 1. The molecule has 0 aliphatic heterocycles. The molecule has 116 valence electrons. The number of nitrogens with one attached hydrogen (secondary N) is 1. The van der Waals surface area contributed by atoms with E-state index in [9.17, 15) is 9.18 Å². The molecule has 1 amide bonds. The highest BCUT2D eigenvalue weighted by molar-refractivity contribution is 5.91. The summed E-state index contributed by atoms with van der Waals surface area (Å²) in [5.74, 6) is 1.29. The molecule has 0 saturated heterocycles. The maximum absolute atomic E-state index is 12.0. The van der Waals surface area contributed by atoms with Gasteiger partial charge in [0, 0.05) is 12.6 Å². The van der Waals surface area contributed by atoms with Gasteiger partial charge < -0.3 is 14.8 Å². The third-order valence-electron chi connectivity index (χ3n) is 2.75. The van der Waals surface area contributed by atoms with Crippen molar-refractivity contribution in [2.45, 2.75) is 13.3 Å². The lowest BCUT2D eigenvalue weighted by Crippen LogP contribution is -2.10. The first kappa shape index (κ1) is 15.8. The monoisotopic (exact) mass is 304 g/mol. The SMILES string of the molecule is CCC(=O)Nc1cccnc1Oc1ccc(OCCF)cc1. The Labute approximate surface area is 128 Å². The Morgan fingerprint density at radius 3 is 2.64 bits per heavy atom. The Hall–Kier alpha value is -2.63. The van der Waals surface area contributed by atoms with Crippen LogP contribution in [0.1, 0.15) is 13.3 Å². The zero-order chi connectivity index (χ0) is 15.8. The van der Waals surface area contributed by atoms with Gasteiger partial charge in [0.05, 0.1) is 0 Å². The van der Waals surface area contributed by atoms with Gasteiger partial charge in [-0.15, -0.1) is 0 Å². The summed E-state index contributed by atoms with van der Waals surface area (Å²) in [5.41, 5.74) is 0.507. The molecule has 0 saturated carbocycles. The second-order valence-corrected chi connectivity index (χ2v) is 4.37. The van der Waals surface area contributed by atoms with Crippen LogP contribution in [0.4, 0.5) is 10.1 Å². The second kappa shape index (κ2) is 7.97. The molecule has 2 rings (SSSR count). The topological polar surface area (TPSA) is 60.5 Å². The van der Waals surface area contributed by atoms with Crippen molar-refractivity contribution in [2.75, 3.05) is 18.6 Å². The fourth-order valence-corrected chi connectivity index (χ4v) is 1.68. The van der Waals surface area contributed by atoms with Crippen molar-refractivity contribution < 1.29 is 18.7 Å². The number of aromatic nitrogens is 1. The molecule has 2 aromatic rings. The molecule has 5 nitrogen and oxygen atoms in total. The first-order valence-corrected chi connectivity index (χ1v) is 6.94. The van der Waals surface area contributed by atoms with Gasteiger partial charge in [-0.05, 0) is 36.4 Å². The summed E-state index contributed by atoms with van der Waals surface area (Å²) in [4.78, 5) is 15.6. The molecule has 0 aliphatic rings. The molecule has 1 N–H and O–H groups in total. The summed E-state index contributed by atoms with van der Waals surface area (Å²) in [6, 6.07) is 10.2. The van der Waals surface area contributed by atoms with Crippen LogP contribution in [0.3, 0.4) is 0 Å². The molecule has 1 aromatic heterocycles. The molecule has 6 heteroatoms. The minimum atomic E-state index is -0.535. The molecule has 1 heterocycles. The van der Waals surface area contributed by atoms with Crippen molar-refractivity contribution in [1.82, 2.24) is 4.98 Å². The Morgan fingerprint density at radius 2 is 1.95 bits per heavy atom. The number of hydrogen-bond acceptors (Lipinski definition) is 4. The zero-order valence-electron chi connectivity index (χ0n) is 12.2. The molecule has 22 heavy (non-hydrogen) atoms. The van der Waals surface area contributed by atoms with Crippen LogP contribution in [0.5, 0.6) is 17.4 Å². The minimum absolute atomic E-state index is 0.0215. The van der Waals surface area contributed by atoms with Crippen LogP contribution >= 0.6 is 0 Å². The molecular weight excluding hydrogens is 287 g/mol. The minimum Gasteiger partial charge on any atom is -0.491 e. The maximum atomic E-state index is 12.0. The average Bonchev–Trinajstić information content (AvgIpc) is 2.56. The number of rotatable bonds is 7. The van der Waals surface area contributed by atoms with Crippen LogP contribution in [0, 0.1) is 0 Å². The molecule has 0 unspecified atom stereocenters. The number of carbonyl (C=O) groups is 1. The first-order chi connectivity index (χ1) is 10.7. The highest BCUT2D eigenvalue weighted by Gasteiger charge is 2.08. The van der Waals surface area contributed by atoms with Crippen LogP contribution in [0.25, 0.3) is 0 Å². The number of amides is 1. The quantitative estimate of drug-likeness (QED) is 0.849. The lowest BCUT2D eigenvalue weighted by atomic mass is 10.3. The number of anilines is 1. The van der Waals surface area contributed by atoms with Gasteiger partial charge in [-0.3, -0.25) is 4.79 Å². The highest BCUT2D eigenvalue weighted by atomic mass is 19.1. The molecule has 0 radical (unpaired) electrons. The van der Waals surface area contributed by atoms with E-state index in [0.29, 0.717) is 29.5 Å². The smallest absolute Gasteiger partial charge is 0.243 e. The number of alkyl halides is 1.